The Balaban J connectivity index is 1.54. The Morgan fingerprint density at radius 2 is 1.94 bits per heavy atom. The van der Waals surface area contributed by atoms with Gasteiger partial charge in [-0.25, -0.2) is 0 Å². The van der Waals surface area contributed by atoms with Gasteiger partial charge in [0.1, 0.15) is 0 Å². The van der Waals surface area contributed by atoms with Crippen LogP contribution >= 0.6 is 0 Å². The van der Waals surface area contributed by atoms with E-state index in [-0.39, 0.29) is 12.5 Å². The largest absolute Gasteiger partial charge is 0.395 e. The minimum Gasteiger partial charge on any atom is -0.395 e. The molecule has 1 saturated carbocycles. The molecule has 100 valence electrons. The zero-order valence-electron chi connectivity index (χ0n) is 10.8. The van der Waals surface area contributed by atoms with Crippen molar-refractivity contribution in [2.24, 2.45) is 17.8 Å². The number of aliphatic hydroxyl groups excluding tert-OH is 1. The number of β-amino-alcohol motifs (C(OH)–C–C–N with tert-alkyl or cyclic N) is 1. The Morgan fingerprint density at radius 3 is 2.50 bits per heavy atom. The molecule has 18 heavy (non-hydrogen) atoms. The van der Waals surface area contributed by atoms with Gasteiger partial charge in [0.15, 0.2) is 0 Å². The average molecular weight is 250 g/mol. The number of hydrogen-bond acceptors (Lipinski definition) is 3. The lowest BCUT2D eigenvalue weighted by atomic mass is 9.92. The number of nitrogens with zero attached hydrogens (tertiary/aromatic N) is 2. The van der Waals surface area contributed by atoms with Crippen molar-refractivity contribution in [2.75, 3.05) is 39.3 Å². The van der Waals surface area contributed by atoms with Gasteiger partial charge in [-0.3, -0.25) is 9.69 Å². The zero-order chi connectivity index (χ0) is 12.5. The Bertz CT molecular complexity index is 348. The van der Waals surface area contributed by atoms with Crippen molar-refractivity contribution in [2.45, 2.75) is 12.8 Å². The van der Waals surface area contributed by atoms with Crippen molar-refractivity contribution in [1.82, 2.24) is 9.80 Å². The molecular formula is C14H22N2O2. The third-order valence-corrected chi connectivity index (χ3v) is 4.70. The Hall–Kier alpha value is -0.870. The summed E-state index contributed by atoms with van der Waals surface area (Å²) in [6, 6.07) is 0. The van der Waals surface area contributed by atoms with Gasteiger partial charge in [-0.2, -0.15) is 0 Å². The van der Waals surface area contributed by atoms with Crippen LogP contribution < -0.4 is 0 Å². The van der Waals surface area contributed by atoms with Crippen molar-refractivity contribution < 1.29 is 9.90 Å². The summed E-state index contributed by atoms with van der Waals surface area (Å²) in [5, 5.41) is 8.91. The number of rotatable bonds is 3. The molecule has 2 aliphatic carbocycles. The second-order valence-corrected chi connectivity index (χ2v) is 5.78. The summed E-state index contributed by atoms with van der Waals surface area (Å²) in [6.45, 7) is 4.42. The molecule has 2 fully saturated rings. The van der Waals surface area contributed by atoms with Crippen molar-refractivity contribution in [3.05, 3.63) is 12.2 Å². The van der Waals surface area contributed by atoms with Crippen LogP contribution in [-0.2, 0) is 4.79 Å². The Labute approximate surface area is 108 Å². The second-order valence-electron chi connectivity index (χ2n) is 5.78. The third kappa shape index (κ3) is 2.19. The van der Waals surface area contributed by atoms with Gasteiger partial charge in [0.25, 0.3) is 0 Å². The predicted molar refractivity (Wildman–Crippen MR) is 68.9 cm³/mol. The summed E-state index contributed by atoms with van der Waals surface area (Å²) in [6.07, 6.45) is 6.80. The molecule has 3 rings (SSSR count). The van der Waals surface area contributed by atoms with Crippen LogP contribution in [0.3, 0.4) is 0 Å². The van der Waals surface area contributed by atoms with E-state index in [4.69, 9.17) is 5.11 Å². The predicted octanol–water partition coefficient (Wildman–Crippen LogP) is 0.335. The van der Waals surface area contributed by atoms with E-state index in [9.17, 15) is 4.79 Å². The maximum atomic E-state index is 12.5. The smallest absolute Gasteiger partial charge is 0.226 e. The number of aliphatic hydroxyl groups is 1. The van der Waals surface area contributed by atoms with E-state index in [1.54, 1.807) is 0 Å². The molecule has 0 aromatic carbocycles. The fourth-order valence-corrected chi connectivity index (χ4v) is 3.63. The lowest BCUT2D eigenvalue weighted by molar-refractivity contribution is -0.138. The van der Waals surface area contributed by atoms with Gasteiger partial charge in [-0.15, -0.1) is 0 Å². The Morgan fingerprint density at radius 1 is 1.17 bits per heavy atom. The molecule has 2 bridgehead atoms. The number of hydrogen-bond donors (Lipinski definition) is 1. The van der Waals surface area contributed by atoms with Crippen molar-refractivity contribution in [1.29, 1.82) is 0 Å². The van der Waals surface area contributed by atoms with E-state index >= 15 is 0 Å². The summed E-state index contributed by atoms with van der Waals surface area (Å²) in [7, 11) is 0. The molecule has 1 amide bonds. The minimum absolute atomic E-state index is 0.213. The first-order valence-corrected chi connectivity index (χ1v) is 7.08. The van der Waals surface area contributed by atoms with E-state index in [1.807, 2.05) is 4.90 Å². The van der Waals surface area contributed by atoms with Crippen LogP contribution in [0.1, 0.15) is 12.8 Å². The monoisotopic (exact) mass is 250 g/mol. The summed E-state index contributed by atoms with van der Waals surface area (Å²) in [4.78, 5) is 16.7. The van der Waals surface area contributed by atoms with Gasteiger partial charge in [-0.05, 0) is 24.7 Å². The fourth-order valence-electron chi connectivity index (χ4n) is 3.63. The molecule has 3 aliphatic rings. The normalized spacial score (nSPS) is 35.4. The van der Waals surface area contributed by atoms with Crippen LogP contribution in [-0.4, -0.2) is 60.1 Å². The summed E-state index contributed by atoms with van der Waals surface area (Å²) >= 11 is 0. The van der Waals surface area contributed by atoms with Gasteiger partial charge >= 0.3 is 0 Å². The van der Waals surface area contributed by atoms with Crippen LogP contribution in [0.2, 0.25) is 0 Å². The maximum Gasteiger partial charge on any atom is 0.226 e. The molecule has 3 atom stereocenters. The van der Waals surface area contributed by atoms with Crippen LogP contribution in [0.15, 0.2) is 12.2 Å². The van der Waals surface area contributed by atoms with Crippen LogP contribution in [0, 0.1) is 17.8 Å². The molecular weight excluding hydrogens is 228 g/mol. The number of piperazine rings is 1. The summed E-state index contributed by atoms with van der Waals surface area (Å²) in [5.74, 6) is 1.80. The van der Waals surface area contributed by atoms with E-state index in [2.05, 4.69) is 17.1 Å². The van der Waals surface area contributed by atoms with Crippen LogP contribution in [0.25, 0.3) is 0 Å². The summed E-state index contributed by atoms with van der Waals surface area (Å²) < 4.78 is 0. The molecule has 0 spiro atoms. The van der Waals surface area contributed by atoms with Crippen molar-refractivity contribution >= 4 is 5.91 Å². The molecule has 0 aromatic rings. The number of carbonyl (C=O) groups excluding carboxylic acids is 1. The molecule has 1 heterocycles. The first-order valence-electron chi connectivity index (χ1n) is 7.08. The molecule has 4 nitrogen and oxygen atoms in total. The number of allylic oxidation sites excluding steroid dienone is 2. The Kier molecular flexibility index (Phi) is 3.39. The van der Waals surface area contributed by atoms with E-state index < -0.39 is 0 Å². The molecule has 3 unspecified atom stereocenters. The zero-order valence-corrected chi connectivity index (χ0v) is 10.8. The van der Waals surface area contributed by atoms with E-state index in [0.29, 0.717) is 17.7 Å². The standard InChI is InChI=1S/C14H22N2O2/c17-8-7-15-3-5-16(6-4-15)14(18)13-10-11-1-2-12(13)9-11/h1-2,11-13,17H,3-10H2. The lowest BCUT2D eigenvalue weighted by Crippen LogP contribution is -2.51. The molecule has 1 N–H and O–H groups in total. The van der Waals surface area contributed by atoms with E-state index in [1.165, 1.54) is 6.42 Å². The van der Waals surface area contributed by atoms with Crippen LogP contribution in [0.4, 0.5) is 0 Å². The molecule has 4 heteroatoms. The van der Waals surface area contributed by atoms with Crippen LogP contribution in [0.5, 0.6) is 0 Å². The highest BCUT2D eigenvalue weighted by Crippen LogP contribution is 2.44. The number of carbonyl (C=O) groups is 1. The van der Waals surface area contributed by atoms with Gasteiger partial charge < -0.3 is 10.0 Å². The molecule has 1 aliphatic heterocycles. The quantitative estimate of drug-likeness (QED) is 0.734. The minimum atomic E-state index is 0.213. The average Bonchev–Trinajstić information content (AvgIpc) is 3.01. The van der Waals surface area contributed by atoms with Gasteiger partial charge in [0.2, 0.25) is 5.91 Å². The summed E-state index contributed by atoms with van der Waals surface area (Å²) in [5.41, 5.74) is 0. The van der Waals surface area contributed by atoms with Gasteiger partial charge in [-0.1, -0.05) is 12.2 Å². The lowest BCUT2D eigenvalue weighted by Gasteiger charge is -2.36. The molecule has 0 aromatic heterocycles. The maximum absolute atomic E-state index is 12.5. The fraction of sp³-hybridized carbons (Fsp3) is 0.786. The number of fused-ring (bicyclic) bond motifs is 2. The first kappa shape index (κ1) is 12.2. The highest BCUT2D eigenvalue weighted by atomic mass is 16.3. The first-order chi connectivity index (χ1) is 8.78. The van der Waals surface area contributed by atoms with E-state index in [0.717, 1.165) is 39.1 Å². The molecule has 0 radical (unpaired) electrons. The SMILES string of the molecule is O=C(C1CC2C=CC1C2)N1CCN(CCO)CC1. The van der Waals surface area contributed by atoms with Crippen molar-refractivity contribution in [3.8, 4) is 0 Å². The topological polar surface area (TPSA) is 43.8 Å². The highest BCUT2D eigenvalue weighted by Gasteiger charge is 2.41. The van der Waals surface area contributed by atoms with Gasteiger partial charge in [0, 0.05) is 38.6 Å². The second kappa shape index (κ2) is 5.02. The highest BCUT2D eigenvalue weighted by molar-refractivity contribution is 5.80. The third-order valence-electron chi connectivity index (χ3n) is 4.70. The van der Waals surface area contributed by atoms with Gasteiger partial charge in [0.05, 0.1) is 6.61 Å². The molecule has 1 saturated heterocycles. The van der Waals surface area contributed by atoms with Crippen molar-refractivity contribution in [3.63, 3.8) is 0 Å². The number of amides is 1.